The summed E-state index contributed by atoms with van der Waals surface area (Å²) in [5.41, 5.74) is -0.290. The van der Waals surface area contributed by atoms with E-state index < -0.39 is 6.09 Å². The van der Waals surface area contributed by atoms with Crippen molar-refractivity contribution in [3.63, 3.8) is 0 Å². The SMILES string of the molecule is CCCC1CNC(=O)C12CCN(C(=O)O)CC2. The molecule has 2 heterocycles. The minimum atomic E-state index is -0.870. The van der Waals surface area contributed by atoms with E-state index in [1.54, 1.807) is 0 Å². The number of carbonyl (C=O) groups is 2. The van der Waals surface area contributed by atoms with Gasteiger partial charge in [0.2, 0.25) is 5.91 Å². The Morgan fingerprint density at radius 2 is 2.18 bits per heavy atom. The third-order valence-electron chi connectivity index (χ3n) is 4.31. The molecule has 5 nitrogen and oxygen atoms in total. The summed E-state index contributed by atoms with van der Waals surface area (Å²) in [6.45, 7) is 3.87. The molecule has 1 spiro atoms. The second-order valence-corrected chi connectivity index (χ2v) is 5.12. The molecule has 2 aliphatic rings. The summed E-state index contributed by atoms with van der Waals surface area (Å²) >= 11 is 0. The number of carboxylic acid groups (broad SMARTS) is 1. The second kappa shape index (κ2) is 4.55. The van der Waals surface area contributed by atoms with Crippen molar-refractivity contribution in [1.29, 1.82) is 0 Å². The van der Waals surface area contributed by atoms with Gasteiger partial charge in [-0.1, -0.05) is 13.3 Å². The van der Waals surface area contributed by atoms with Gasteiger partial charge in [-0.05, 0) is 25.2 Å². The smallest absolute Gasteiger partial charge is 0.407 e. The molecule has 2 amide bonds. The third kappa shape index (κ3) is 1.98. The zero-order valence-electron chi connectivity index (χ0n) is 10.2. The number of likely N-dealkylation sites (tertiary alicyclic amines) is 1. The van der Waals surface area contributed by atoms with Crippen molar-refractivity contribution in [1.82, 2.24) is 10.2 Å². The van der Waals surface area contributed by atoms with Gasteiger partial charge in [-0.3, -0.25) is 4.79 Å². The molecule has 2 rings (SSSR count). The molecule has 0 bridgehead atoms. The van der Waals surface area contributed by atoms with Crippen LogP contribution in [0.3, 0.4) is 0 Å². The molecule has 0 aromatic heterocycles. The number of carbonyl (C=O) groups excluding carboxylic acids is 1. The van der Waals surface area contributed by atoms with Crippen LogP contribution in [0, 0.1) is 11.3 Å². The Balaban J connectivity index is 2.08. The van der Waals surface area contributed by atoms with Crippen molar-refractivity contribution in [3.8, 4) is 0 Å². The van der Waals surface area contributed by atoms with E-state index in [2.05, 4.69) is 12.2 Å². The van der Waals surface area contributed by atoms with Crippen LogP contribution in [0.15, 0.2) is 0 Å². The maximum absolute atomic E-state index is 12.0. The minimum absolute atomic E-state index is 0.140. The van der Waals surface area contributed by atoms with Gasteiger partial charge in [0, 0.05) is 19.6 Å². The van der Waals surface area contributed by atoms with E-state index in [0.29, 0.717) is 31.8 Å². The van der Waals surface area contributed by atoms with Crippen molar-refractivity contribution < 1.29 is 14.7 Å². The fraction of sp³-hybridized carbons (Fsp3) is 0.833. The lowest BCUT2D eigenvalue weighted by molar-refractivity contribution is -0.131. The van der Waals surface area contributed by atoms with Crippen LogP contribution in [-0.4, -0.2) is 41.6 Å². The van der Waals surface area contributed by atoms with Crippen LogP contribution < -0.4 is 5.32 Å². The van der Waals surface area contributed by atoms with E-state index in [1.807, 2.05) is 0 Å². The molecule has 0 radical (unpaired) electrons. The Morgan fingerprint density at radius 3 is 2.71 bits per heavy atom. The fourth-order valence-electron chi connectivity index (χ4n) is 3.23. The van der Waals surface area contributed by atoms with Gasteiger partial charge >= 0.3 is 6.09 Å². The predicted molar refractivity (Wildman–Crippen MR) is 62.7 cm³/mol. The summed E-state index contributed by atoms with van der Waals surface area (Å²) in [5, 5.41) is 11.9. The monoisotopic (exact) mass is 240 g/mol. The van der Waals surface area contributed by atoms with E-state index >= 15 is 0 Å². The maximum Gasteiger partial charge on any atom is 0.407 e. The molecule has 0 aromatic rings. The third-order valence-corrected chi connectivity index (χ3v) is 4.31. The predicted octanol–water partition coefficient (Wildman–Crippen LogP) is 1.29. The summed E-state index contributed by atoms with van der Waals surface area (Å²) in [5.74, 6) is 0.525. The van der Waals surface area contributed by atoms with Gasteiger partial charge < -0.3 is 15.3 Å². The Kier molecular flexibility index (Phi) is 3.26. The summed E-state index contributed by atoms with van der Waals surface area (Å²) in [7, 11) is 0. The molecule has 17 heavy (non-hydrogen) atoms. The second-order valence-electron chi connectivity index (χ2n) is 5.12. The lowest BCUT2D eigenvalue weighted by Gasteiger charge is -2.39. The topological polar surface area (TPSA) is 69.6 Å². The van der Waals surface area contributed by atoms with Gasteiger partial charge in [0.05, 0.1) is 5.41 Å². The largest absolute Gasteiger partial charge is 0.465 e. The first kappa shape index (κ1) is 12.2. The molecule has 5 heteroatoms. The molecule has 0 saturated carbocycles. The molecule has 2 saturated heterocycles. The summed E-state index contributed by atoms with van der Waals surface area (Å²) in [6.07, 6.45) is 2.60. The van der Waals surface area contributed by atoms with Crippen LogP contribution in [-0.2, 0) is 4.79 Å². The van der Waals surface area contributed by atoms with E-state index in [4.69, 9.17) is 5.11 Å². The standard InChI is InChI=1S/C12H20N2O3/c1-2-3-9-8-13-10(15)12(9)4-6-14(7-5-12)11(16)17/h9H,2-8H2,1H3,(H,13,15)(H,16,17). The summed E-state index contributed by atoms with van der Waals surface area (Å²) in [6, 6.07) is 0. The number of piperidine rings is 1. The van der Waals surface area contributed by atoms with Gasteiger partial charge in [0.15, 0.2) is 0 Å². The van der Waals surface area contributed by atoms with E-state index in [1.165, 1.54) is 4.90 Å². The number of rotatable bonds is 2. The number of amides is 2. The van der Waals surface area contributed by atoms with Gasteiger partial charge in [0.1, 0.15) is 0 Å². The first-order valence-electron chi connectivity index (χ1n) is 6.36. The molecular formula is C12H20N2O3. The average Bonchev–Trinajstić information content (AvgIpc) is 2.60. The van der Waals surface area contributed by atoms with Crippen molar-refractivity contribution in [2.24, 2.45) is 11.3 Å². The Hall–Kier alpha value is -1.26. The van der Waals surface area contributed by atoms with Crippen molar-refractivity contribution >= 4 is 12.0 Å². The van der Waals surface area contributed by atoms with Crippen molar-refractivity contribution in [3.05, 3.63) is 0 Å². The average molecular weight is 240 g/mol. The zero-order chi connectivity index (χ0) is 12.5. The Bertz CT molecular complexity index is 322. The first-order valence-corrected chi connectivity index (χ1v) is 6.36. The normalized spacial score (nSPS) is 27.2. The van der Waals surface area contributed by atoms with Crippen LogP contribution in [0.25, 0.3) is 0 Å². The van der Waals surface area contributed by atoms with Crippen LogP contribution in [0.1, 0.15) is 32.6 Å². The van der Waals surface area contributed by atoms with Gasteiger partial charge in [-0.15, -0.1) is 0 Å². The molecule has 2 aliphatic heterocycles. The van der Waals surface area contributed by atoms with Crippen LogP contribution in [0.2, 0.25) is 0 Å². The van der Waals surface area contributed by atoms with Gasteiger partial charge in [-0.2, -0.15) is 0 Å². The lowest BCUT2D eigenvalue weighted by Crippen LogP contribution is -2.48. The van der Waals surface area contributed by atoms with Crippen LogP contribution in [0.4, 0.5) is 4.79 Å². The number of nitrogens with one attached hydrogen (secondary N) is 1. The van der Waals surface area contributed by atoms with Crippen LogP contribution >= 0.6 is 0 Å². The number of hydrogen-bond acceptors (Lipinski definition) is 2. The molecule has 2 fully saturated rings. The molecule has 0 aliphatic carbocycles. The lowest BCUT2D eigenvalue weighted by atomic mass is 9.69. The highest BCUT2D eigenvalue weighted by Gasteiger charge is 2.51. The summed E-state index contributed by atoms with van der Waals surface area (Å²) in [4.78, 5) is 24.3. The Labute approximate surface area is 101 Å². The first-order chi connectivity index (χ1) is 8.10. The molecule has 2 N–H and O–H groups in total. The fourth-order valence-corrected chi connectivity index (χ4v) is 3.23. The summed E-state index contributed by atoms with van der Waals surface area (Å²) < 4.78 is 0. The number of hydrogen-bond donors (Lipinski definition) is 2. The molecular weight excluding hydrogens is 220 g/mol. The van der Waals surface area contributed by atoms with Crippen LogP contribution in [0.5, 0.6) is 0 Å². The van der Waals surface area contributed by atoms with E-state index in [0.717, 1.165) is 19.4 Å². The van der Waals surface area contributed by atoms with Gasteiger partial charge in [-0.25, -0.2) is 4.79 Å². The van der Waals surface area contributed by atoms with Crippen molar-refractivity contribution in [2.75, 3.05) is 19.6 Å². The minimum Gasteiger partial charge on any atom is -0.465 e. The molecule has 96 valence electrons. The molecule has 1 atom stereocenters. The van der Waals surface area contributed by atoms with Gasteiger partial charge in [0.25, 0.3) is 0 Å². The molecule has 1 unspecified atom stereocenters. The van der Waals surface area contributed by atoms with E-state index in [9.17, 15) is 9.59 Å². The van der Waals surface area contributed by atoms with Crippen molar-refractivity contribution in [2.45, 2.75) is 32.6 Å². The molecule has 0 aromatic carbocycles. The highest BCUT2D eigenvalue weighted by atomic mass is 16.4. The highest BCUT2D eigenvalue weighted by Crippen LogP contribution is 2.44. The van der Waals surface area contributed by atoms with E-state index in [-0.39, 0.29) is 11.3 Å². The quantitative estimate of drug-likeness (QED) is 0.764. The Morgan fingerprint density at radius 1 is 1.53 bits per heavy atom. The zero-order valence-corrected chi connectivity index (χ0v) is 10.2. The number of nitrogens with zero attached hydrogens (tertiary/aromatic N) is 1. The highest BCUT2D eigenvalue weighted by molar-refractivity contribution is 5.85. The maximum atomic E-state index is 12.0.